The van der Waals surface area contributed by atoms with Crippen molar-refractivity contribution >= 4 is 0 Å². The van der Waals surface area contributed by atoms with E-state index in [-0.39, 0.29) is 5.82 Å². The van der Waals surface area contributed by atoms with Gasteiger partial charge in [0.1, 0.15) is 12.1 Å². The number of rotatable bonds is 1. The number of benzene rings is 1. The Morgan fingerprint density at radius 2 is 2.23 bits per heavy atom. The first-order valence-electron chi connectivity index (χ1n) is 3.87. The summed E-state index contributed by atoms with van der Waals surface area (Å²) in [4.78, 5) is 0. The molecule has 66 valence electrons. The summed E-state index contributed by atoms with van der Waals surface area (Å²) in [5, 5.41) is 7.59. The summed E-state index contributed by atoms with van der Waals surface area (Å²) in [7, 11) is 1.82. The van der Waals surface area contributed by atoms with Crippen LogP contribution >= 0.6 is 0 Å². The van der Waals surface area contributed by atoms with Gasteiger partial charge in [0.15, 0.2) is 5.82 Å². The smallest absolute Gasteiger partial charge is 0.163 e. The topological polar surface area (TPSA) is 30.7 Å². The van der Waals surface area contributed by atoms with Gasteiger partial charge in [-0.3, -0.25) is 0 Å². The van der Waals surface area contributed by atoms with Crippen LogP contribution in [0.3, 0.4) is 0 Å². The Morgan fingerprint density at radius 3 is 2.85 bits per heavy atom. The van der Waals surface area contributed by atoms with E-state index >= 15 is 0 Å². The number of aromatic nitrogens is 3. The molecule has 0 saturated carbocycles. The predicted octanol–water partition coefficient (Wildman–Crippen LogP) is 1.62. The second-order valence-corrected chi connectivity index (χ2v) is 2.78. The molecule has 13 heavy (non-hydrogen) atoms. The van der Waals surface area contributed by atoms with Crippen molar-refractivity contribution in [1.29, 1.82) is 0 Å². The van der Waals surface area contributed by atoms with Gasteiger partial charge in [0, 0.05) is 12.6 Å². The first kappa shape index (κ1) is 7.91. The summed E-state index contributed by atoms with van der Waals surface area (Å²) >= 11 is 0. The zero-order chi connectivity index (χ0) is 9.26. The normalized spacial score (nSPS) is 10.3. The van der Waals surface area contributed by atoms with Gasteiger partial charge in [-0.1, -0.05) is 12.1 Å². The Labute approximate surface area is 74.8 Å². The lowest BCUT2D eigenvalue weighted by molar-refractivity contribution is 0.628. The van der Waals surface area contributed by atoms with Gasteiger partial charge < -0.3 is 4.57 Å². The van der Waals surface area contributed by atoms with Crippen LogP contribution < -0.4 is 0 Å². The number of aryl methyl sites for hydroxylation is 1. The Hall–Kier alpha value is -1.71. The van der Waals surface area contributed by atoms with Gasteiger partial charge in [-0.05, 0) is 12.1 Å². The molecule has 0 aliphatic rings. The molecule has 3 nitrogen and oxygen atoms in total. The minimum atomic E-state index is -0.263. The molecule has 0 aliphatic heterocycles. The van der Waals surface area contributed by atoms with E-state index in [1.54, 1.807) is 23.0 Å². The molecule has 1 aromatic heterocycles. The van der Waals surface area contributed by atoms with Crippen LogP contribution in [0.25, 0.3) is 11.4 Å². The van der Waals surface area contributed by atoms with Crippen molar-refractivity contribution in [3.8, 4) is 11.4 Å². The van der Waals surface area contributed by atoms with Crippen LogP contribution in [0.2, 0.25) is 0 Å². The molecule has 2 rings (SSSR count). The van der Waals surface area contributed by atoms with Gasteiger partial charge in [-0.2, -0.15) is 0 Å². The molecule has 0 N–H and O–H groups in total. The molecule has 0 saturated heterocycles. The average Bonchev–Trinajstić information content (AvgIpc) is 2.51. The minimum absolute atomic E-state index is 0.263. The van der Waals surface area contributed by atoms with Crippen molar-refractivity contribution in [2.24, 2.45) is 7.05 Å². The maximum atomic E-state index is 12.8. The highest BCUT2D eigenvalue weighted by atomic mass is 19.1. The second-order valence-electron chi connectivity index (χ2n) is 2.78. The number of hydrogen-bond donors (Lipinski definition) is 0. The van der Waals surface area contributed by atoms with Crippen LogP contribution in [-0.4, -0.2) is 14.8 Å². The molecule has 1 aromatic carbocycles. The van der Waals surface area contributed by atoms with Crippen molar-refractivity contribution in [3.63, 3.8) is 0 Å². The van der Waals surface area contributed by atoms with Crippen molar-refractivity contribution in [1.82, 2.24) is 14.8 Å². The third-order valence-corrected chi connectivity index (χ3v) is 1.79. The van der Waals surface area contributed by atoms with Crippen LogP contribution in [0.4, 0.5) is 4.39 Å². The van der Waals surface area contributed by atoms with Crippen LogP contribution in [0.1, 0.15) is 0 Å². The fourth-order valence-corrected chi connectivity index (χ4v) is 1.17. The van der Waals surface area contributed by atoms with Crippen molar-refractivity contribution in [3.05, 3.63) is 36.4 Å². The van der Waals surface area contributed by atoms with Gasteiger partial charge >= 0.3 is 0 Å². The maximum absolute atomic E-state index is 12.8. The molecule has 0 spiro atoms. The zero-order valence-electron chi connectivity index (χ0n) is 7.11. The van der Waals surface area contributed by atoms with Crippen molar-refractivity contribution in [2.75, 3.05) is 0 Å². The standard InChI is InChI=1S/C9H8FN3/c1-13-6-11-12-9(13)7-3-2-4-8(10)5-7/h2-6H,1H3. The predicted molar refractivity (Wildman–Crippen MR) is 46.4 cm³/mol. The lowest BCUT2D eigenvalue weighted by Crippen LogP contribution is -1.91. The quantitative estimate of drug-likeness (QED) is 0.662. The van der Waals surface area contributed by atoms with Crippen LogP contribution in [-0.2, 0) is 7.05 Å². The summed E-state index contributed by atoms with van der Waals surface area (Å²) < 4.78 is 14.6. The zero-order valence-corrected chi connectivity index (χ0v) is 7.11. The van der Waals surface area contributed by atoms with E-state index < -0.39 is 0 Å². The minimum Gasteiger partial charge on any atom is -0.317 e. The van der Waals surface area contributed by atoms with Gasteiger partial charge in [0.05, 0.1) is 0 Å². The van der Waals surface area contributed by atoms with Crippen LogP contribution in [0.15, 0.2) is 30.6 Å². The molecule has 0 radical (unpaired) electrons. The van der Waals surface area contributed by atoms with Crippen LogP contribution in [0.5, 0.6) is 0 Å². The van der Waals surface area contributed by atoms with Crippen molar-refractivity contribution in [2.45, 2.75) is 0 Å². The van der Waals surface area contributed by atoms with Gasteiger partial charge in [-0.25, -0.2) is 4.39 Å². The Morgan fingerprint density at radius 1 is 1.38 bits per heavy atom. The lowest BCUT2D eigenvalue weighted by atomic mass is 10.2. The molecule has 0 fully saturated rings. The lowest BCUT2D eigenvalue weighted by Gasteiger charge is -1.99. The first-order valence-corrected chi connectivity index (χ1v) is 3.87. The highest BCUT2D eigenvalue weighted by molar-refractivity contribution is 5.54. The molecular formula is C9H8FN3. The third kappa shape index (κ3) is 1.42. The van der Waals surface area contributed by atoms with Crippen LogP contribution in [0, 0.1) is 5.82 Å². The van der Waals surface area contributed by atoms with E-state index in [9.17, 15) is 4.39 Å². The number of halogens is 1. The summed E-state index contributed by atoms with van der Waals surface area (Å²) in [6, 6.07) is 6.29. The average molecular weight is 177 g/mol. The Kier molecular flexibility index (Phi) is 1.81. The highest BCUT2D eigenvalue weighted by Crippen LogP contribution is 2.15. The van der Waals surface area contributed by atoms with E-state index in [4.69, 9.17) is 0 Å². The molecule has 0 amide bonds. The summed E-state index contributed by atoms with van der Waals surface area (Å²) in [6.07, 6.45) is 1.58. The third-order valence-electron chi connectivity index (χ3n) is 1.79. The highest BCUT2D eigenvalue weighted by Gasteiger charge is 2.03. The van der Waals surface area contributed by atoms with Crippen molar-refractivity contribution < 1.29 is 4.39 Å². The maximum Gasteiger partial charge on any atom is 0.163 e. The SMILES string of the molecule is Cn1cnnc1-c1cccc(F)c1. The first-order chi connectivity index (χ1) is 6.27. The number of hydrogen-bond acceptors (Lipinski definition) is 2. The largest absolute Gasteiger partial charge is 0.317 e. The summed E-state index contributed by atoms with van der Waals surface area (Å²) in [5.74, 6) is 0.403. The van der Waals surface area contributed by atoms with E-state index in [1.165, 1.54) is 12.1 Å². The second kappa shape index (κ2) is 2.97. The Balaban J connectivity index is 2.53. The van der Waals surface area contributed by atoms with E-state index in [0.717, 1.165) is 5.56 Å². The van der Waals surface area contributed by atoms with E-state index in [0.29, 0.717) is 5.82 Å². The van der Waals surface area contributed by atoms with Gasteiger partial charge in [-0.15, -0.1) is 10.2 Å². The van der Waals surface area contributed by atoms with Gasteiger partial charge in [0.25, 0.3) is 0 Å². The van der Waals surface area contributed by atoms with E-state index in [1.807, 2.05) is 7.05 Å². The molecule has 0 bridgehead atoms. The fraction of sp³-hybridized carbons (Fsp3) is 0.111. The molecule has 0 atom stereocenters. The fourth-order valence-electron chi connectivity index (χ4n) is 1.17. The molecule has 2 aromatic rings. The molecule has 0 unspecified atom stereocenters. The molecular weight excluding hydrogens is 169 g/mol. The van der Waals surface area contributed by atoms with Gasteiger partial charge in [0.2, 0.25) is 0 Å². The molecule has 4 heteroatoms. The molecule has 0 aliphatic carbocycles. The van der Waals surface area contributed by atoms with E-state index in [2.05, 4.69) is 10.2 Å². The Bertz CT molecular complexity index is 422. The molecule has 1 heterocycles. The number of nitrogens with zero attached hydrogens (tertiary/aromatic N) is 3. The monoisotopic (exact) mass is 177 g/mol. The summed E-state index contributed by atoms with van der Waals surface area (Å²) in [5.41, 5.74) is 0.736. The summed E-state index contributed by atoms with van der Waals surface area (Å²) in [6.45, 7) is 0.